The highest BCUT2D eigenvalue weighted by Crippen LogP contribution is 2.36. The highest BCUT2D eigenvalue weighted by Gasteiger charge is 2.39. The number of nitrogens with one attached hydrogen (secondary N) is 1. The van der Waals surface area contributed by atoms with E-state index in [1.54, 1.807) is 30.5 Å². The number of rotatable bonds is 4. The van der Waals surface area contributed by atoms with E-state index in [2.05, 4.69) is 20.3 Å². The van der Waals surface area contributed by atoms with Crippen molar-refractivity contribution in [2.24, 2.45) is 5.92 Å². The first kappa shape index (κ1) is 22.0. The number of alkyl halides is 3. The maximum absolute atomic E-state index is 13.5. The van der Waals surface area contributed by atoms with Crippen LogP contribution >= 0.6 is 0 Å². The molecule has 0 saturated carbocycles. The van der Waals surface area contributed by atoms with Crippen LogP contribution in [0.15, 0.2) is 34.9 Å². The number of hydrogen-bond donors (Lipinski definition) is 1. The van der Waals surface area contributed by atoms with Gasteiger partial charge < -0.3 is 9.73 Å². The molecule has 3 aromatic rings. The third-order valence-electron chi connectivity index (χ3n) is 5.52. The summed E-state index contributed by atoms with van der Waals surface area (Å²) in [7, 11) is 0. The van der Waals surface area contributed by atoms with Gasteiger partial charge in [0.15, 0.2) is 5.69 Å². The topological polar surface area (TPSA) is 80.9 Å². The zero-order valence-electron chi connectivity index (χ0n) is 18.0. The summed E-state index contributed by atoms with van der Waals surface area (Å²) in [5, 5.41) is 2.80. The second-order valence-electron chi connectivity index (χ2n) is 8.27. The molecule has 1 aliphatic carbocycles. The molecule has 0 saturated heterocycles. The highest BCUT2D eigenvalue weighted by atomic mass is 19.4. The van der Waals surface area contributed by atoms with E-state index < -0.39 is 17.8 Å². The summed E-state index contributed by atoms with van der Waals surface area (Å²) in [6.07, 6.45) is -2.19. The first-order valence-electron chi connectivity index (χ1n) is 10.4. The number of amides is 1. The van der Waals surface area contributed by atoms with Crippen LogP contribution in [0, 0.1) is 12.8 Å². The van der Waals surface area contributed by atoms with Gasteiger partial charge >= 0.3 is 6.18 Å². The summed E-state index contributed by atoms with van der Waals surface area (Å²) in [5.41, 5.74) is 0.786. The number of halogens is 3. The summed E-state index contributed by atoms with van der Waals surface area (Å²) in [5.74, 6) is 0.677. The molecule has 4 rings (SSSR count). The second-order valence-corrected chi connectivity index (χ2v) is 8.27. The van der Waals surface area contributed by atoms with Gasteiger partial charge in [-0.1, -0.05) is 13.8 Å². The molecule has 2 aromatic heterocycles. The van der Waals surface area contributed by atoms with Crippen LogP contribution in [0.3, 0.4) is 0 Å². The fourth-order valence-corrected chi connectivity index (χ4v) is 3.82. The molecule has 9 heteroatoms. The summed E-state index contributed by atoms with van der Waals surface area (Å²) >= 11 is 0. The highest BCUT2D eigenvalue weighted by molar-refractivity contribution is 5.93. The van der Waals surface area contributed by atoms with Crippen molar-refractivity contribution in [3.63, 3.8) is 0 Å². The smallest absolute Gasteiger partial charge is 0.433 e. The first-order chi connectivity index (χ1) is 15.1. The predicted molar refractivity (Wildman–Crippen MR) is 112 cm³/mol. The van der Waals surface area contributed by atoms with Gasteiger partial charge in [0.25, 0.3) is 0 Å². The van der Waals surface area contributed by atoms with Crippen LogP contribution in [0.25, 0.3) is 11.5 Å². The van der Waals surface area contributed by atoms with Crippen molar-refractivity contribution in [1.82, 2.24) is 15.0 Å². The standard InChI is InChI=1S/C23H23F3N4O2/c1-12(2)19-11-27-22(32-19)14-4-7-16(8-5-14)30-21(31)15-6-9-18-17(10-15)20(23(24,25)26)29-13(3)28-18/h4-5,7-8,11-12,15H,6,9-10H2,1-3H3,(H,30,31). The van der Waals surface area contributed by atoms with Crippen LogP contribution in [-0.2, 0) is 23.8 Å². The van der Waals surface area contributed by atoms with Crippen LogP contribution < -0.4 is 5.32 Å². The lowest BCUT2D eigenvalue weighted by Gasteiger charge is -2.25. The zero-order valence-corrected chi connectivity index (χ0v) is 18.0. The van der Waals surface area contributed by atoms with Gasteiger partial charge in [-0.2, -0.15) is 13.2 Å². The lowest BCUT2D eigenvalue weighted by atomic mass is 9.85. The Balaban J connectivity index is 1.47. The Hall–Kier alpha value is -3.23. The Kier molecular flexibility index (Phi) is 5.75. The molecule has 0 spiro atoms. The zero-order chi connectivity index (χ0) is 23.0. The Labute approximate surface area is 183 Å². The van der Waals surface area contributed by atoms with Crippen LogP contribution in [0.2, 0.25) is 0 Å². The van der Waals surface area contributed by atoms with E-state index in [9.17, 15) is 18.0 Å². The molecule has 32 heavy (non-hydrogen) atoms. The molecule has 0 radical (unpaired) electrons. The molecule has 1 unspecified atom stereocenters. The first-order valence-corrected chi connectivity index (χ1v) is 10.4. The van der Waals surface area contributed by atoms with Gasteiger partial charge in [0.1, 0.15) is 11.6 Å². The predicted octanol–water partition coefficient (Wildman–Crippen LogP) is 5.33. The Morgan fingerprint density at radius 1 is 1.19 bits per heavy atom. The van der Waals surface area contributed by atoms with Crippen molar-refractivity contribution < 1.29 is 22.4 Å². The number of hydrogen-bond acceptors (Lipinski definition) is 5. The van der Waals surface area contributed by atoms with Gasteiger partial charge in [-0.05, 0) is 50.5 Å². The van der Waals surface area contributed by atoms with E-state index in [-0.39, 0.29) is 29.6 Å². The Morgan fingerprint density at radius 3 is 2.53 bits per heavy atom. The molecule has 1 aliphatic rings. The van der Waals surface area contributed by atoms with Crippen molar-refractivity contribution in [3.8, 4) is 11.5 Å². The molecule has 6 nitrogen and oxygen atoms in total. The van der Waals surface area contributed by atoms with E-state index >= 15 is 0 Å². The molecule has 0 bridgehead atoms. The van der Waals surface area contributed by atoms with Gasteiger partial charge in [0.2, 0.25) is 11.8 Å². The normalized spacial score (nSPS) is 16.2. The van der Waals surface area contributed by atoms with Crippen molar-refractivity contribution in [1.29, 1.82) is 0 Å². The molecule has 0 aliphatic heterocycles. The average Bonchev–Trinajstić information content (AvgIpc) is 3.23. The Bertz CT molecular complexity index is 1140. The number of fused-ring (bicyclic) bond motifs is 1. The number of benzene rings is 1. The van der Waals surface area contributed by atoms with Gasteiger partial charge in [0.05, 0.1) is 6.20 Å². The van der Waals surface area contributed by atoms with E-state index in [1.807, 2.05) is 13.8 Å². The maximum Gasteiger partial charge on any atom is 0.433 e. The lowest BCUT2D eigenvalue weighted by Crippen LogP contribution is -2.31. The SMILES string of the molecule is Cc1nc2c(c(C(F)(F)F)n1)CC(C(=O)Nc1ccc(-c3ncc(C(C)C)o3)cc1)CC2. The monoisotopic (exact) mass is 444 g/mol. The molecule has 1 atom stereocenters. The van der Waals surface area contributed by atoms with Gasteiger partial charge in [0, 0.05) is 34.3 Å². The molecule has 168 valence electrons. The third-order valence-corrected chi connectivity index (χ3v) is 5.52. The molecule has 0 fully saturated rings. The van der Waals surface area contributed by atoms with Crippen molar-refractivity contribution in [3.05, 3.63) is 59.0 Å². The van der Waals surface area contributed by atoms with E-state index in [4.69, 9.17) is 4.42 Å². The number of nitrogens with zero attached hydrogens (tertiary/aromatic N) is 3. The summed E-state index contributed by atoms with van der Waals surface area (Å²) in [6, 6.07) is 6.99. The second kappa shape index (κ2) is 8.37. The molecule has 1 N–H and O–H groups in total. The van der Waals surface area contributed by atoms with Crippen molar-refractivity contribution in [2.75, 3.05) is 5.32 Å². The molecular weight excluding hydrogens is 421 g/mol. The largest absolute Gasteiger partial charge is 0.441 e. The van der Waals surface area contributed by atoms with Crippen LogP contribution in [0.4, 0.5) is 18.9 Å². The number of carbonyl (C=O) groups excluding carboxylic acids is 1. The minimum Gasteiger partial charge on any atom is -0.441 e. The Morgan fingerprint density at radius 2 is 1.91 bits per heavy atom. The van der Waals surface area contributed by atoms with Crippen LogP contribution in [0.5, 0.6) is 0 Å². The lowest BCUT2D eigenvalue weighted by molar-refractivity contribution is -0.142. The maximum atomic E-state index is 13.5. The number of aromatic nitrogens is 3. The minimum absolute atomic E-state index is 0.0229. The molecule has 1 amide bonds. The molecule has 2 heterocycles. The molecule has 1 aromatic carbocycles. The van der Waals surface area contributed by atoms with E-state index in [1.165, 1.54) is 6.92 Å². The molecular formula is C23H23F3N4O2. The summed E-state index contributed by atoms with van der Waals surface area (Å²) in [6.45, 7) is 5.47. The van der Waals surface area contributed by atoms with Crippen LogP contribution in [-0.4, -0.2) is 20.9 Å². The number of anilines is 1. The van der Waals surface area contributed by atoms with Crippen LogP contribution in [0.1, 0.15) is 54.7 Å². The number of carbonyl (C=O) groups is 1. The summed E-state index contributed by atoms with van der Waals surface area (Å²) < 4.78 is 46.1. The fourth-order valence-electron chi connectivity index (χ4n) is 3.82. The van der Waals surface area contributed by atoms with E-state index in [0.29, 0.717) is 30.1 Å². The van der Waals surface area contributed by atoms with E-state index in [0.717, 1.165) is 11.3 Å². The van der Waals surface area contributed by atoms with Crippen molar-refractivity contribution in [2.45, 2.75) is 52.1 Å². The number of oxazole rings is 1. The minimum atomic E-state index is -4.58. The van der Waals surface area contributed by atoms with Gasteiger partial charge in [-0.15, -0.1) is 0 Å². The van der Waals surface area contributed by atoms with Crippen molar-refractivity contribution >= 4 is 11.6 Å². The van der Waals surface area contributed by atoms with Gasteiger partial charge in [-0.25, -0.2) is 15.0 Å². The fraction of sp³-hybridized carbons (Fsp3) is 0.391. The quantitative estimate of drug-likeness (QED) is 0.589. The third kappa shape index (κ3) is 4.51. The van der Waals surface area contributed by atoms with Gasteiger partial charge in [-0.3, -0.25) is 4.79 Å². The summed E-state index contributed by atoms with van der Waals surface area (Å²) in [4.78, 5) is 24.8. The average molecular weight is 444 g/mol. The number of aryl methyl sites for hydroxylation is 2.